The highest BCUT2D eigenvalue weighted by molar-refractivity contribution is 5.85. The quantitative estimate of drug-likeness (QED) is 0.178. The summed E-state index contributed by atoms with van der Waals surface area (Å²) in [7, 11) is 1.66. The second-order valence-corrected chi connectivity index (χ2v) is 19.0. The molecule has 7 fully saturated rings. The van der Waals surface area contributed by atoms with Gasteiger partial charge in [0.1, 0.15) is 24.9 Å². The van der Waals surface area contributed by atoms with E-state index in [0.29, 0.717) is 25.2 Å². The zero-order valence-electron chi connectivity index (χ0n) is 33.9. The molecule has 0 aromatic carbocycles. The molecule has 4 aliphatic carbocycles. The van der Waals surface area contributed by atoms with Crippen LogP contribution in [0.2, 0.25) is 0 Å². The second-order valence-electron chi connectivity index (χ2n) is 19.0. The number of ether oxygens (including phenoxy) is 8. The van der Waals surface area contributed by atoms with Crippen LogP contribution in [-0.4, -0.2) is 137 Å². The summed E-state index contributed by atoms with van der Waals surface area (Å²) in [5.74, 6) is 0.288. The number of hydrogen-bond donors (Lipinski definition) is 5. The summed E-state index contributed by atoms with van der Waals surface area (Å²) >= 11 is 0. The first-order chi connectivity index (χ1) is 26.5. The average Bonchev–Trinajstić information content (AvgIpc) is 3.70. The Labute approximate surface area is 330 Å². The van der Waals surface area contributed by atoms with E-state index in [2.05, 4.69) is 13.8 Å². The highest BCUT2D eigenvalue weighted by Gasteiger charge is 2.71. The first-order valence-electron chi connectivity index (χ1n) is 21.3. The van der Waals surface area contributed by atoms with Gasteiger partial charge in [-0.3, -0.25) is 0 Å². The van der Waals surface area contributed by atoms with Crippen molar-refractivity contribution >= 4 is 5.97 Å². The number of carbonyl (C=O) groups is 1. The summed E-state index contributed by atoms with van der Waals surface area (Å²) in [5.41, 5.74) is -0.835. The van der Waals surface area contributed by atoms with E-state index in [0.717, 1.165) is 44.1 Å². The third-order valence-corrected chi connectivity index (χ3v) is 16.2. The molecule has 0 aromatic rings. The second kappa shape index (κ2) is 15.6. The predicted octanol–water partition coefficient (Wildman–Crippen LogP) is 2.87. The first kappa shape index (κ1) is 41.5. The third-order valence-electron chi connectivity index (χ3n) is 16.2. The summed E-state index contributed by atoms with van der Waals surface area (Å²) < 4.78 is 48.7. The molecule has 0 spiro atoms. The van der Waals surface area contributed by atoms with E-state index in [-0.39, 0.29) is 66.9 Å². The molecule has 0 aromatic heterocycles. The lowest BCUT2D eigenvalue weighted by atomic mass is 9.42. The fourth-order valence-electron chi connectivity index (χ4n) is 13.0. The molecule has 8 rings (SSSR count). The van der Waals surface area contributed by atoms with Gasteiger partial charge in [-0.25, -0.2) is 4.79 Å². The minimum atomic E-state index is -1.000. The number of rotatable bonds is 8. The monoisotopic (exact) mass is 794 g/mol. The Kier molecular flexibility index (Phi) is 11.6. The van der Waals surface area contributed by atoms with Gasteiger partial charge >= 0.3 is 5.97 Å². The SMILES string of the molecule is COC1CC(OC2CCC3(C)C(CCC4C3CC(O)C3(C)C(C5=CC(=O)OC5)CCC43O)C2)OC(C)C1OC1CC(O)C(OC2CC(O)C(O)C(C)O2)C(C)O1. The minimum Gasteiger partial charge on any atom is -0.458 e. The molecule has 21 unspecified atom stereocenters. The van der Waals surface area contributed by atoms with Gasteiger partial charge in [-0.1, -0.05) is 13.8 Å². The van der Waals surface area contributed by atoms with Crippen molar-refractivity contribution in [2.75, 3.05) is 13.7 Å². The van der Waals surface area contributed by atoms with Crippen LogP contribution in [0.1, 0.15) is 105 Å². The van der Waals surface area contributed by atoms with Gasteiger partial charge in [-0.15, -0.1) is 0 Å². The molecule has 3 saturated heterocycles. The number of aliphatic hydroxyl groups excluding tert-OH is 4. The van der Waals surface area contributed by atoms with Crippen LogP contribution in [0, 0.1) is 34.5 Å². The van der Waals surface area contributed by atoms with Crippen molar-refractivity contribution in [1.29, 1.82) is 0 Å². The smallest absolute Gasteiger partial charge is 0.331 e. The largest absolute Gasteiger partial charge is 0.458 e. The molecule has 4 saturated carbocycles. The number of carbonyl (C=O) groups excluding carboxylic acids is 1. The number of aliphatic hydroxyl groups is 5. The highest BCUT2D eigenvalue weighted by atomic mass is 16.7. The van der Waals surface area contributed by atoms with Crippen molar-refractivity contribution < 1.29 is 68.2 Å². The molecule has 5 N–H and O–H groups in total. The van der Waals surface area contributed by atoms with Gasteiger partial charge in [0, 0.05) is 37.9 Å². The standard InChI is InChI=1S/C42H66O14/c1-20-37(47)29(43)16-34(51-20)55-38-21(2)52-35(17-30(38)44)56-39-22(3)53-36(18-31(39)49-6)54-25-9-11-40(4)24(14-25)7-8-27-28(40)15-32(45)41(5)26(10-12-42(27,41)48)23-13-33(46)50-19-23/h13,20-22,24-32,34-39,43-45,47-48H,7-12,14-19H2,1-6H3. The van der Waals surface area contributed by atoms with Gasteiger partial charge in [0.05, 0.1) is 54.4 Å². The van der Waals surface area contributed by atoms with E-state index in [1.165, 1.54) is 0 Å². The Balaban J connectivity index is 0.851. The molecular formula is C42H66O14. The van der Waals surface area contributed by atoms with Crippen LogP contribution in [0.4, 0.5) is 0 Å². The van der Waals surface area contributed by atoms with Crippen LogP contribution in [0.25, 0.3) is 0 Å². The summed E-state index contributed by atoms with van der Waals surface area (Å²) in [5, 5.41) is 55.8. The van der Waals surface area contributed by atoms with Crippen LogP contribution in [-0.2, 0) is 42.7 Å². The van der Waals surface area contributed by atoms with Gasteiger partial charge in [-0.05, 0) is 107 Å². The Morgan fingerprint density at radius 3 is 2.05 bits per heavy atom. The number of methoxy groups -OCH3 is 1. The Morgan fingerprint density at radius 2 is 1.39 bits per heavy atom. The lowest BCUT2D eigenvalue weighted by Gasteiger charge is -2.65. The van der Waals surface area contributed by atoms with Crippen molar-refractivity contribution in [3.05, 3.63) is 11.6 Å². The lowest BCUT2D eigenvalue weighted by Crippen LogP contribution is -2.67. The summed E-state index contributed by atoms with van der Waals surface area (Å²) in [6.45, 7) is 10.1. The maximum atomic E-state index is 12.6. The van der Waals surface area contributed by atoms with Gasteiger partial charge in [0.2, 0.25) is 0 Å². The normalized spacial score (nSPS) is 54.8. The third kappa shape index (κ3) is 7.02. The number of esters is 1. The maximum absolute atomic E-state index is 12.6. The fraction of sp³-hybridized carbons (Fsp3) is 0.929. The fourth-order valence-corrected chi connectivity index (χ4v) is 13.0. The van der Waals surface area contributed by atoms with E-state index in [1.54, 1.807) is 27.0 Å². The van der Waals surface area contributed by atoms with Crippen LogP contribution in [0.3, 0.4) is 0 Å². The molecule has 14 nitrogen and oxygen atoms in total. The van der Waals surface area contributed by atoms with E-state index in [9.17, 15) is 30.3 Å². The minimum absolute atomic E-state index is 0.0106. The van der Waals surface area contributed by atoms with Gasteiger partial charge < -0.3 is 63.4 Å². The first-order valence-corrected chi connectivity index (χ1v) is 21.3. The number of hydrogen-bond acceptors (Lipinski definition) is 14. The van der Waals surface area contributed by atoms with Crippen molar-refractivity contribution in [3.63, 3.8) is 0 Å². The van der Waals surface area contributed by atoms with Crippen molar-refractivity contribution in [2.45, 2.75) is 197 Å². The zero-order valence-corrected chi connectivity index (χ0v) is 33.9. The molecule has 4 aliphatic heterocycles. The van der Waals surface area contributed by atoms with E-state index >= 15 is 0 Å². The van der Waals surface area contributed by atoms with Crippen LogP contribution in [0.15, 0.2) is 11.6 Å². The Morgan fingerprint density at radius 1 is 0.732 bits per heavy atom. The van der Waals surface area contributed by atoms with Crippen LogP contribution in [0.5, 0.6) is 0 Å². The lowest BCUT2D eigenvalue weighted by molar-refractivity contribution is -0.337. The molecule has 0 radical (unpaired) electrons. The molecule has 56 heavy (non-hydrogen) atoms. The summed E-state index contributed by atoms with van der Waals surface area (Å²) in [6.07, 6.45) is 0.394. The average molecular weight is 795 g/mol. The Bertz CT molecular complexity index is 1440. The molecule has 0 bridgehead atoms. The van der Waals surface area contributed by atoms with Crippen molar-refractivity contribution in [2.24, 2.45) is 34.5 Å². The summed E-state index contributed by atoms with van der Waals surface area (Å²) in [6, 6.07) is 0. The van der Waals surface area contributed by atoms with E-state index in [4.69, 9.17) is 37.9 Å². The van der Waals surface area contributed by atoms with Crippen molar-refractivity contribution in [1.82, 2.24) is 0 Å². The Hall–Kier alpha value is -1.27. The molecule has 8 aliphatic rings. The number of fused-ring (bicyclic) bond motifs is 5. The topological polar surface area (TPSA) is 192 Å². The van der Waals surface area contributed by atoms with Crippen LogP contribution < -0.4 is 0 Å². The predicted molar refractivity (Wildman–Crippen MR) is 197 cm³/mol. The summed E-state index contributed by atoms with van der Waals surface area (Å²) in [4.78, 5) is 12.0. The zero-order chi connectivity index (χ0) is 39.9. The van der Waals surface area contributed by atoms with Gasteiger partial charge in [-0.2, -0.15) is 0 Å². The molecule has 14 heteroatoms. The van der Waals surface area contributed by atoms with Gasteiger partial charge in [0.25, 0.3) is 0 Å². The molecule has 4 heterocycles. The molecule has 21 atom stereocenters. The van der Waals surface area contributed by atoms with Crippen LogP contribution >= 0.6 is 0 Å². The number of cyclic esters (lactones) is 1. The van der Waals surface area contributed by atoms with Gasteiger partial charge in [0.15, 0.2) is 18.9 Å². The molecular weight excluding hydrogens is 728 g/mol. The van der Waals surface area contributed by atoms with Crippen molar-refractivity contribution in [3.8, 4) is 0 Å². The highest BCUT2D eigenvalue weighted by Crippen LogP contribution is 2.70. The molecule has 318 valence electrons. The van der Waals surface area contributed by atoms with E-state index in [1.807, 2.05) is 6.92 Å². The molecule has 0 amide bonds. The maximum Gasteiger partial charge on any atom is 0.331 e. The van der Waals surface area contributed by atoms with E-state index < -0.39 is 78.7 Å².